The summed E-state index contributed by atoms with van der Waals surface area (Å²) in [5.41, 5.74) is -19.5. The second kappa shape index (κ2) is 9.85. The number of hydrogen-bond acceptors (Lipinski definition) is 18. The molecular formula is C12H2N10O16. The molecule has 2 aromatic rings. The quantitative estimate of drug-likeness (QED) is 0.236. The molecule has 0 radical (unpaired) electrons. The highest BCUT2D eigenvalue weighted by Crippen LogP contribution is 2.56. The number of nitro groups is 8. The fourth-order valence-corrected chi connectivity index (χ4v) is 2.88. The van der Waals surface area contributed by atoms with E-state index >= 15 is 0 Å². The van der Waals surface area contributed by atoms with Gasteiger partial charge in [0.2, 0.25) is 0 Å². The van der Waals surface area contributed by atoms with Crippen molar-refractivity contribution in [3.63, 3.8) is 0 Å². The van der Waals surface area contributed by atoms with E-state index in [1.165, 1.54) is 0 Å². The van der Waals surface area contributed by atoms with Crippen LogP contribution in [0.5, 0.6) is 0 Å². The standard InChI is InChI=1S/C12H2N10O16/c23-15(24)4-2-1-3(6(16(25)26)7(4)17(27)28)13-14-5-8(18(29)30)10(20(33)34)12(22(37)38)11(21(35)36)9(5)19(31)32/h1-2H. The fraction of sp³-hybridized carbons (Fsp3) is 0. The third kappa shape index (κ3) is 4.59. The maximum Gasteiger partial charge on any atom is 0.437 e. The van der Waals surface area contributed by atoms with Gasteiger partial charge in [0.25, 0.3) is 5.69 Å². The lowest BCUT2D eigenvalue weighted by Gasteiger charge is -2.03. The van der Waals surface area contributed by atoms with Crippen LogP contribution >= 0.6 is 0 Å². The van der Waals surface area contributed by atoms with Crippen molar-refractivity contribution in [3.8, 4) is 0 Å². The average molecular weight is 542 g/mol. The van der Waals surface area contributed by atoms with Gasteiger partial charge in [-0.25, -0.2) is 0 Å². The van der Waals surface area contributed by atoms with E-state index in [0.29, 0.717) is 6.07 Å². The van der Waals surface area contributed by atoms with Gasteiger partial charge in [0.05, 0.1) is 39.4 Å². The Hall–Kier alpha value is -6.76. The number of nitro benzene ring substituents is 8. The van der Waals surface area contributed by atoms with Crippen LogP contribution in [-0.2, 0) is 0 Å². The molecule has 0 aliphatic heterocycles. The van der Waals surface area contributed by atoms with Gasteiger partial charge >= 0.3 is 45.5 Å². The highest BCUT2D eigenvalue weighted by atomic mass is 16.7. The molecule has 2 rings (SSSR count). The molecule has 0 N–H and O–H groups in total. The molecule has 0 unspecified atom stereocenters. The van der Waals surface area contributed by atoms with Gasteiger partial charge in [-0.05, 0) is 6.07 Å². The third-order valence-corrected chi connectivity index (χ3v) is 4.19. The summed E-state index contributed by atoms with van der Waals surface area (Å²) in [6.45, 7) is 0. The molecule has 0 amide bonds. The number of azo groups is 1. The Labute approximate surface area is 200 Å². The van der Waals surface area contributed by atoms with Crippen molar-refractivity contribution in [3.05, 3.63) is 93.0 Å². The van der Waals surface area contributed by atoms with Crippen molar-refractivity contribution in [1.29, 1.82) is 0 Å². The van der Waals surface area contributed by atoms with E-state index in [-0.39, 0.29) is 6.07 Å². The van der Waals surface area contributed by atoms with Crippen LogP contribution in [0.15, 0.2) is 22.4 Å². The summed E-state index contributed by atoms with van der Waals surface area (Å²) in [6.07, 6.45) is 0. The number of hydrogen-bond donors (Lipinski definition) is 0. The highest BCUT2D eigenvalue weighted by molar-refractivity contribution is 5.93. The zero-order valence-corrected chi connectivity index (χ0v) is 17.2. The van der Waals surface area contributed by atoms with E-state index in [0.717, 1.165) is 0 Å². The summed E-state index contributed by atoms with van der Waals surface area (Å²) >= 11 is 0. The van der Waals surface area contributed by atoms with Crippen molar-refractivity contribution in [2.75, 3.05) is 0 Å². The van der Waals surface area contributed by atoms with Crippen LogP contribution in [0, 0.1) is 80.9 Å². The van der Waals surface area contributed by atoms with Crippen molar-refractivity contribution < 1.29 is 39.4 Å². The topological polar surface area (TPSA) is 370 Å². The molecule has 196 valence electrons. The van der Waals surface area contributed by atoms with E-state index in [1.807, 2.05) is 0 Å². The Morgan fingerprint density at radius 2 is 0.737 bits per heavy atom. The second-order valence-corrected chi connectivity index (χ2v) is 6.15. The van der Waals surface area contributed by atoms with Gasteiger partial charge in [-0.3, -0.25) is 80.9 Å². The Kier molecular flexibility index (Phi) is 7.12. The van der Waals surface area contributed by atoms with E-state index in [2.05, 4.69) is 10.2 Å². The fourth-order valence-electron chi connectivity index (χ4n) is 2.88. The summed E-state index contributed by atoms with van der Waals surface area (Å²) < 4.78 is 0. The summed E-state index contributed by atoms with van der Waals surface area (Å²) in [4.78, 5) is 76.9. The van der Waals surface area contributed by atoms with Crippen LogP contribution in [-0.4, -0.2) is 39.4 Å². The van der Waals surface area contributed by atoms with Gasteiger partial charge in [0.1, 0.15) is 0 Å². The molecule has 0 spiro atoms. The second-order valence-electron chi connectivity index (χ2n) is 6.15. The first-order valence-corrected chi connectivity index (χ1v) is 8.52. The molecule has 26 heteroatoms. The molecule has 0 bridgehead atoms. The van der Waals surface area contributed by atoms with Crippen LogP contribution in [0.2, 0.25) is 0 Å². The molecular weight excluding hydrogens is 540 g/mol. The largest absolute Gasteiger partial charge is 0.437 e. The molecule has 38 heavy (non-hydrogen) atoms. The predicted octanol–water partition coefficient (Wildman–Crippen LogP) is 3.37. The Bertz CT molecular complexity index is 1490. The van der Waals surface area contributed by atoms with Gasteiger partial charge in [-0.2, -0.15) is 0 Å². The first-order valence-electron chi connectivity index (χ1n) is 8.52. The zero-order valence-electron chi connectivity index (χ0n) is 17.2. The molecule has 2 aromatic carbocycles. The van der Waals surface area contributed by atoms with E-state index in [9.17, 15) is 80.9 Å². The van der Waals surface area contributed by atoms with Crippen LogP contribution in [0.4, 0.5) is 56.9 Å². The molecule has 0 saturated heterocycles. The summed E-state index contributed by atoms with van der Waals surface area (Å²) in [5.74, 6) is 0. The average Bonchev–Trinajstić information content (AvgIpc) is 2.79. The minimum atomic E-state index is -2.28. The van der Waals surface area contributed by atoms with Crippen LogP contribution < -0.4 is 0 Å². The van der Waals surface area contributed by atoms with Crippen LogP contribution in [0.1, 0.15) is 0 Å². The van der Waals surface area contributed by atoms with E-state index in [4.69, 9.17) is 0 Å². The van der Waals surface area contributed by atoms with Gasteiger partial charge in [0, 0.05) is 6.07 Å². The number of nitrogens with zero attached hydrogens (tertiary/aromatic N) is 10. The van der Waals surface area contributed by atoms with Gasteiger partial charge < -0.3 is 0 Å². The Morgan fingerprint density at radius 3 is 1.05 bits per heavy atom. The van der Waals surface area contributed by atoms with Crippen molar-refractivity contribution in [2.45, 2.75) is 0 Å². The van der Waals surface area contributed by atoms with Gasteiger partial charge in [-0.15, -0.1) is 10.2 Å². The Morgan fingerprint density at radius 1 is 0.395 bits per heavy atom. The molecule has 0 saturated carbocycles. The molecule has 0 atom stereocenters. The molecule has 26 nitrogen and oxygen atoms in total. The minimum Gasteiger partial charge on any atom is -0.258 e. The van der Waals surface area contributed by atoms with Gasteiger partial charge in [-0.1, -0.05) is 0 Å². The van der Waals surface area contributed by atoms with Crippen molar-refractivity contribution >= 4 is 56.9 Å². The van der Waals surface area contributed by atoms with Crippen molar-refractivity contribution in [1.82, 2.24) is 0 Å². The molecule has 0 heterocycles. The Balaban J connectivity index is 3.20. The number of rotatable bonds is 10. The lowest BCUT2D eigenvalue weighted by molar-refractivity contribution is -0.459. The maximum absolute atomic E-state index is 11.5. The number of benzene rings is 2. The van der Waals surface area contributed by atoms with Crippen LogP contribution in [0.25, 0.3) is 0 Å². The predicted molar refractivity (Wildman–Crippen MR) is 110 cm³/mol. The summed E-state index contributed by atoms with van der Waals surface area (Å²) in [7, 11) is 0. The van der Waals surface area contributed by atoms with Gasteiger partial charge in [0.15, 0.2) is 5.69 Å². The SMILES string of the molecule is O=[N+]([O-])c1ccc(N=Nc2c([N+](=O)[O-])c([N+](=O)[O-])c([N+](=O)[O-])c([N+](=O)[O-])c2[N+](=O)[O-])c([N+](=O)[O-])c1[N+](=O)[O-]. The lowest BCUT2D eigenvalue weighted by atomic mass is 10.1. The summed E-state index contributed by atoms with van der Waals surface area (Å²) in [6, 6.07) is 0.599. The third-order valence-electron chi connectivity index (χ3n) is 4.19. The summed E-state index contributed by atoms with van der Waals surface area (Å²) in [5, 5.41) is 96.6. The molecule has 0 aromatic heterocycles. The monoisotopic (exact) mass is 542 g/mol. The zero-order chi connectivity index (χ0) is 29.2. The van der Waals surface area contributed by atoms with E-state index in [1.54, 1.807) is 0 Å². The maximum atomic E-state index is 11.5. The first-order chi connectivity index (χ1) is 17.5. The van der Waals surface area contributed by atoms with Crippen LogP contribution in [0.3, 0.4) is 0 Å². The lowest BCUT2D eigenvalue weighted by Crippen LogP contribution is -2.08. The smallest absolute Gasteiger partial charge is 0.258 e. The molecule has 0 aliphatic carbocycles. The molecule has 0 fully saturated rings. The first kappa shape index (κ1) is 27.5. The minimum absolute atomic E-state index is 0.281. The van der Waals surface area contributed by atoms with Crippen molar-refractivity contribution in [2.24, 2.45) is 10.2 Å². The van der Waals surface area contributed by atoms with E-state index < -0.39 is 96.3 Å². The molecule has 0 aliphatic rings. The highest BCUT2D eigenvalue weighted by Gasteiger charge is 2.55. The normalized spacial score (nSPS) is 10.6.